The number of benzene rings is 1. The first-order chi connectivity index (χ1) is 15.5. The van der Waals surface area contributed by atoms with Crippen LogP contribution in [0.4, 0.5) is 18.9 Å². The largest absolute Gasteiger partial charge is 0.490 e. The lowest BCUT2D eigenvalue weighted by Crippen LogP contribution is -2.31. The molecule has 2 saturated heterocycles. The van der Waals surface area contributed by atoms with Crippen molar-refractivity contribution in [1.29, 1.82) is 5.26 Å². The number of anilines is 1. The van der Waals surface area contributed by atoms with Gasteiger partial charge in [0.05, 0.1) is 17.3 Å². The molecule has 4 rings (SSSR count). The summed E-state index contributed by atoms with van der Waals surface area (Å²) in [6.07, 6.45) is -3.47. The molecule has 1 N–H and O–H groups in total. The summed E-state index contributed by atoms with van der Waals surface area (Å²) < 4.78 is 31.7. The van der Waals surface area contributed by atoms with Crippen molar-refractivity contribution in [3.05, 3.63) is 59.4 Å². The van der Waals surface area contributed by atoms with Gasteiger partial charge in [0.15, 0.2) is 0 Å². The fraction of sp³-hybridized carbons (Fsp3) is 0.391. The Morgan fingerprint density at radius 1 is 1.24 bits per heavy atom. The molecule has 174 valence electrons. The second-order valence-corrected chi connectivity index (χ2v) is 8.35. The number of hydrogen-bond acceptors (Lipinski definition) is 5. The first kappa shape index (κ1) is 24.2. The molecule has 2 fully saturated rings. The highest BCUT2D eigenvalue weighted by Gasteiger charge is 2.47. The highest BCUT2D eigenvalue weighted by Crippen LogP contribution is 2.42. The van der Waals surface area contributed by atoms with Crippen LogP contribution in [0.1, 0.15) is 29.8 Å². The number of carboxylic acids is 1. The molecular formula is C23H23F3N4O3. The van der Waals surface area contributed by atoms with Crippen LogP contribution in [0.15, 0.2) is 42.5 Å². The van der Waals surface area contributed by atoms with Gasteiger partial charge in [-0.1, -0.05) is 12.1 Å². The lowest BCUT2D eigenvalue weighted by Gasteiger charge is -2.24. The Balaban J connectivity index is 0.000000383. The minimum absolute atomic E-state index is 0.0174. The second-order valence-electron chi connectivity index (χ2n) is 8.35. The van der Waals surface area contributed by atoms with E-state index in [-0.39, 0.29) is 11.3 Å². The minimum Gasteiger partial charge on any atom is -0.475 e. The molecule has 0 aliphatic carbocycles. The fourth-order valence-corrected chi connectivity index (χ4v) is 4.23. The van der Waals surface area contributed by atoms with Gasteiger partial charge in [-0.3, -0.25) is 14.7 Å². The molecule has 2 aliphatic rings. The molecule has 7 nitrogen and oxygen atoms in total. The monoisotopic (exact) mass is 460 g/mol. The maximum Gasteiger partial charge on any atom is 0.490 e. The number of aromatic nitrogens is 1. The van der Waals surface area contributed by atoms with Crippen molar-refractivity contribution in [1.82, 2.24) is 9.88 Å². The number of halogens is 3. The summed E-state index contributed by atoms with van der Waals surface area (Å²) in [5.41, 5.74) is 3.57. The van der Waals surface area contributed by atoms with E-state index in [9.17, 15) is 18.0 Å². The Morgan fingerprint density at radius 3 is 2.58 bits per heavy atom. The number of carbonyl (C=O) groups excluding carboxylic acids is 1. The van der Waals surface area contributed by atoms with Crippen LogP contribution in [0, 0.1) is 23.7 Å². The van der Waals surface area contributed by atoms with Crippen LogP contribution >= 0.6 is 0 Å². The minimum atomic E-state index is -5.08. The lowest BCUT2D eigenvalue weighted by molar-refractivity contribution is -0.192. The molecule has 2 aromatic rings. The summed E-state index contributed by atoms with van der Waals surface area (Å²) >= 11 is 0. The quantitative estimate of drug-likeness (QED) is 0.753. The number of amides is 1. The smallest absolute Gasteiger partial charge is 0.475 e. The number of likely N-dealkylation sites (tertiary alicyclic amines) is 1. The third-order valence-electron chi connectivity index (χ3n) is 5.70. The average Bonchev–Trinajstić information content (AvgIpc) is 3.29. The summed E-state index contributed by atoms with van der Waals surface area (Å²) in [5.74, 6) is -2.59. The van der Waals surface area contributed by atoms with Crippen LogP contribution in [0.5, 0.6) is 0 Å². The highest BCUT2D eigenvalue weighted by atomic mass is 19.4. The molecule has 1 spiro atoms. The first-order valence-electron chi connectivity index (χ1n) is 10.3. The van der Waals surface area contributed by atoms with Crippen molar-refractivity contribution < 1.29 is 27.9 Å². The molecule has 0 bridgehead atoms. The zero-order valence-corrected chi connectivity index (χ0v) is 18.0. The maximum absolute atomic E-state index is 12.7. The zero-order chi connectivity index (χ0) is 24.2. The number of aryl methyl sites for hydroxylation is 1. The van der Waals surface area contributed by atoms with Gasteiger partial charge in [0.25, 0.3) is 0 Å². The van der Waals surface area contributed by atoms with Crippen molar-refractivity contribution in [2.24, 2.45) is 5.41 Å². The van der Waals surface area contributed by atoms with Gasteiger partial charge in [0.1, 0.15) is 0 Å². The molecule has 1 amide bonds. The molecule has 0 saturated carbocycles. The van der Waals surface area contributed by atoms with E-state index in [1.54, 1.807) is 12.1 Å². The predicted molar refractivity (Wildman–Crippen MR) is 113 cm³/mol. The van der Waals surface area contributed by atoms with Crippen LogP contribution < -0.4 is 4.90 Å². The molecule has 1 aromatic heterocycles. The van der Waals surface area contributed by atoms with Gasteiger partial charge in [-0.2, -0.15) is 18.4 Å². The van der Waals surface area contributed by atoms with E-state index in [0.717, 1.165) is 49.7 Å². The molecule has 2 aliphatic heterocycles. The van der Waals surface area contributed by atoms with E-state index in [1.165, 1.54) is 0 Å². The third kappa shape index (κ3) is 6.08. The summed E-state index contributed by atoms with van der Waals surface area (Å²) in [5, 5.41) is 16.2. The van der Waals surface area contributed by atoms with Gasteiger partial charge in [-0.25, -0.2) is 4.79 Å². The van der Waals surface area contributed by atoms with Gasteiger partial charge in [0, 0.05) is 42.9 Å². The molecular weight excluding hydrogens is 437 g/mol. The van der Waals surface area contributed by atoms with Gasteiger partial charge >= 0.3 is 12.1 Å². The maximum atomic E-state index is 12.7. The number of pyridine rings is 1. The van der Waals surface area contributed by atoms with Gasteiger partial charge < -0.3 is 10.0 Å². The fourth-order valence-electron chi connectivity index (χ4n) is 4.23. The van der Waals surface area contributed by atoms with E-state index in [4.69, 9.17) is 15.2 Å². The Hall–Kier alpha value is -3.45. The zero-order valence-electron chi connectivity index (χ0n) is 18.0. The number of hydrogen-bond donors (Lipinski definition) is 1. The summed E-state index contributed by atoms with van der Waals surface area (Å²) in [6, 6.07) is 15.6. The highest BCUT2D eigenvalue weighted by molar-refractivity contribution is 5.96. The molecule has 1 aromatic carbocycles. The molecule has 10 heteroatoms. The van der Waals surface area contributed by atoms with Crippen LogP contribution in [0.3, 0.4) is 0 Å². The van der Waals surface area contributed by atoms with E-state index >= 15 is 0 Å². The Labute approximate surface area is 189 Å². The van der Waals surface area contributed by atoms with Crippen LogP contribution in [-0.2, 0) is 16.1 Å². The first-order valence-corrected chi connectivity index (χ1v) is 10.3. The summed E-state index contributed by atoms with van der Waals surface area (Å²) in [7, 11) is 0. The topological polar surface area (TPSA) is 97.5 Å². The van der Waals surface area contributed by atoms with E-state index < -0.39 is 12.1 Å². The lowest BCUT2D eigenvalue weighted by atomic mass is 9.86. The molecule has 0 radical (unpaired) electrons. The van der Waals surface area contributed by atoms with Gasteiger partial charge in [-0.15, -0.1) is 0 Å². The van der Waals surface area contributed by atoms with Crippen molar-refractivity contribution in [3.8, 4) is 6.07 Å². The molecule has 1 atom stereocenters. The number of aliphatic carboxylic acids is 1. The molecule has 3 heterocycles. The van der Waals surface area contributed by atoms with Crippen molar-refractivity contribution in [2.45, 2.75) is 32.5 Å². The molecule has 33 heavy (non-hydrogen) atoms. The van der Waals surface area contributed by atoms with Crippen LogP contribution in [0.25, 0.3) is 0 Å². The number of carboxylic acid groups (broad SMARTS) is 1. The predicted octanol–water partition coefficient (Wildman–Crippen LogP) is 3.52. The van der Waals surface area contributed by atoms with Crippen molar-refractivity contribution in [3.63, 3.8) is 0 Å². The van der Waals surface area contributed by atoms with Gasteiger partial charge in [0.2, 0.25) is 5.91 Å². The van der Waals surface area contributed by atoms with E-state index in [1.807, 2.05) is 36.1 Å². The van der Waals surface area contributed by atoms with Crippen molar-refractivity contribution >= 4 is 17.6 Å². The van der Waals surface area contributed by atoms with Gasteiger partial charge in [-0.05, 0) is 50.2 Å². The summed E-state index contributed by atoms with van der Waals surface area (Å²) in [6.45, 7) is 5.50. The number of nitriles is 1. The second kappa shape index (κ2) is 9.58. The van der Waals surface area contributed by atoms with E-state index in [0.29, 0.717) is 12.0 Å². The Bertz CT molecular complexity index is 1080. The van der Waals surface area contributed by atoms with Crippen molar-refractivity contribution in [2.75, 3.05) is 24.5 Å². The number of alkyl halides is 3. The summed E-state index contributed by atoms with van der Waals surface area (Å²) in [4.78, 5) is 30.4. The van der Waals surface area contributed by atoms with E-state index in [2.05, 4.69) is 22.0 Å². The van der Waals surface area contributed by atoms with Crippen LogP contribution in [-0.4, -0.2) is 52.7 Å². The Kier molecular flexibility index (Phi) is 7.03. The standard InChI is InChI=1S/C21H22N4O.C2HF3O2/c1-16-4-2-6-18(23-16)13-24-9-8-21(14-24)11-20(26)25(15-21)19-7-3-5-17(10-19)12-22;3-2(4,5)1(6)7/h2-7,10H,8-9,11,13-15H2,1H3;(H,6,7). The number of rotatable bonds is 3. The number of nitrogens with zero attached hydrogens (tertiary/aromatic N) is 4. The normalized spacial score (nSPS) is 20.5. The Morgan fingerprint density at radius 2 is 1.94 bits per heavy atom. The third-order valence-corrected chi connectivity index (χ3v) is 5.70. The SMILES string of the molecule is Cc1cccc(CN2CCC3(CC(=O)N(c4cccc(C#N)c4)C3)C2)n1.O=C(O)C(F)(F)F. The van der Waals surface area contributed by atoms with Crippen LogP contribution in [0.2, 0.25) is 0 Å². The molecule has 1 unspecified atom stereocenters. The number of carbonyl (C=O) groups is 2. The average molecular weight is 460 g/mol.